The fourth-order valence-corrected chi connectivity index (χ4v) is 1.83. The van der Waals surface area contributed by atoms with E-state index in [9.17, 15) is 16.8 Å². The van der Waals surface area contributed by atoms with E-state index in [0.29, 0.717) is 6.42 Å². The number of unbranched alkanes of at least 4 members (excludes halogenated alkanes) is 5. The Labute approximate surface area is 77.1 Å². The van der Waals surface area contributed by atoms with Crippen LogP contribution in [0, 0.1) is 0 Å². The van der Waals surface area contributed by atoms with Crippen LogP contribution in [0.4, 0.5) is 16.8 Å². The molecular formula is C8H17F4P. The molecule has 0 amide bonds. The van der Waals surface area contributed by atoms with Crippen molar-refractivity contribution in [2.24, 2.45) is 0 Å². The van der Waals surface area contributed by atoms with Crippen molar-refractivity contribution in [3.63, 3.8) is 0 Å². The van der Waals surface area contributed by atoms with Crippen molar-refractivity contribution in [2.75, 3.05) is 6.16 Å². The predicted octanol–water partition coefficient (Wildman–Crippen LogP) is 5.44. The second-order valence-corrected chi connectivity index (χ2v) is 5.52. The summed E-state index contributed by atoms with van der Waals surface area (Å²) < 4.78 is 47.1. The van der Waals surface area contributed by atoms with Gasteiger partial charge in [-0.25, -0.2) is 0 Å². The molecule has 0 nitrogen and oxygen atoms in total. The molecule has 13 heavy (non-hydrogen) atoms. The third-order valence-corrected chi connectivity index (χ3v) is 2.84. The van der Waals surface area contributed by atoms with E-state index in [2.05, 4.69) is 0 Å². The van der Waals surface area contributed by atoms with Gasteiger partial charge >= 0.3 is 76.2 Å². The van der Waals surface area contributed by atoms with E-state index >= 15 is 0 Å². The molecule has 0 rings (SSSR count). The van der Waals surface area contributed by atoms with E-state index in [1.54, 1.807) is 0 Å². The van der Waals surface area contributed by atoms with Crippen molar-refractivity contribution in [1.29, 1.82) is 0 Å². The Hall–Kier alpha value is 0.150. The van der Waals surface area contributed by atoms with Crippen molar-refractivity contribution in [2.45, 2.75) is 45.4 Å². The quantitative estimate of drug-likeness (QED) is 0.304. The average molecular weight is 220 g/mol. The Kier molecular flexibility index (Phi) is 5.19. The van der Waals surface area contributed by atoms with Gasteiger partial charge in [0.25, 0.3) is 0 Å². The Morgan fingerprint density at radius 1 is 0.769 bits per heavy atom. The van der Waals surface area contributed by atoms with Crippen LogP contribution in [0.15, 0.2) is 0 Å². The standard InChI is InChI=1S/C8H17F4P/c1-2-3-4-5-6-7-8-13(9,10,11)12/h2-8H2,1H3. The zero-order valence-corrected chi connectivity index (χ0v) is 8.80. The first kappa shape index (κ1) is 13.2. The number of halogens is 4. The summed E-state index contributed by atoms with van der Waals surface area (Å²) in [6.07, 6.45) is 3.15. The van der Waals surface area contributed by atoms with Crippen molar-refractivity contribution in [3.05, 3.63) is 0 Å². The molecule has 0 N–H and O–H groups in total. The molecule has 0 heterocycles. The van der Waals surface area contributed by atoms with Crippen LogP contribution >= 0.6 is 7.85 Å². The van der Waals surface area contributed by atoms with Crippen molar-refractivity contribution < 1.29 is 16.8 Å². The predicted molar refractivity (Wildman–Crippen MR) is 49.6 cm³/mol. The zero-order chi connectivity index (χ0) is 10.4. The number of hydrogen-bond acceptors (Lipinski definition) is 0. The molecule has 0 aliphatic heterocycles. The van der Waals surface area contributed by atoms with Gasteiger partial charge in [0.1, 0.15) is 0 Å². The second-order valence-electron chi connectivity index (χ2n) is 3.35. The molecule has 0 atom stereocenters. The van der Waals surface area contributed by atoms with E-state index in [4.69, 9.17) is 0 Å². The Bertz CT molecular complexity index is 132. The summed E-state index contributed by atoms with van der Waals surface area (Å²) in [6.45, 7) is 2.04. The van der Waals surface area contributed by atoms with E-state index in [1.165, 1.54) is 0 Å². The van der Waals surface area contributed by atoms with E-state index < -0.39 is 14.0 Å². The van der Waals surface area contributed by atoms with Crippen LogP contribution in [-0.4, -0.2) is 6.16 Å². The fraction of sp³-hybridized carbons (Fsp3) is 1.00. The summed E-state index contributed by atoms with van der Waals surface area (Å²) in [5.74, 6) is 0. The van der Waals surface area contributed by atoms with Gasteiger partial charge in [0, 0.05) is 0 Å². The minimum atomic E-state index is -7.18. The van der Waals surface area contributed by atoms with Gasteiger partial charge in [-0.3, -0.25) is 0 Å². The molecule has 0 aromatic rings. The number of rotatable bonds is 7. The third-order valence-electron chi connectivity index (χ3n) is 1.85. The topological polar surface area (TPSA) is 0 Å². The normalized spacial score (nSPS) is 15.3. The maximum atomic E-state index is 11.8. The van der Waals surface area contributed by atoms with Gasteiger partial charge < -0.3 is 0 Å². The van der Waals surface area contributed by atoms with E-state index in [1.807, 2.05) is 6.92 Å². The molecule has 0 saturated heterocycles. The van der Waals surface area contributed by atoms with Gasteiger partial charge in [-0.2, -0.15) is 0 Å². The second kappa shape index (κ2) is 5.14. The van der Waals surface area contributed by atoms with Crippen LogP contribution in [0.3, 0.4) is 0 Å². The summed E-state index contributed by atoms with van der Waals surface area (Å²) in [6, 6.07) is 0. The van der Waals surface area contributed by atoms with Crippen LogP contribution in [0.25, 0.3) is 0 Å². The molecule has 0 aliphatic carbocycles. The van der Waals surface area contributed by atoms with E-state index in [0.717, 1.165) is 25.7 Å². The van der Waals surface area contributed by atoms with Crippen LogP contribution in [-0.2, 0) is 0 Å². The summed E-state index contributed by atoms with van der Waals surface area (Å²) in [5, 5.41) is 0. The summed E-state index contributed by atoms with van der Waals surface area (Å²) in [4.78, 5) is 0. The van der Waals surface area contributed by atoms with Crippen molar-refractivity contribution >= 4 is 7.85 Å². The first-order chi connectivity index (χ1) is 5.81. The summed E-state index contributed by atoms with van der Waals surface area (Å²) >= 11 is 0. The molecule has 5 heteroatoms. The summed E-state index contributed by atoms with van der Waals surface area (Å²) in [5.41, 5.74) is 0. The molecule has 0 aromatic carbocycles. The fourth-order valence-electron chi connectivity index (χ4n) is 1.13. The SMILES string of the molecule is CCCCCCCCP(F)(F)(F)F. The molecule has 0 aliphatic rings. The minimum absolute atomic E-state index is 0.0401. The molecule has 0 aromatic heterocycles. The zero-order valence-electron chi connectivity index (χ0n) is 7.91. The molecular weight excluding hydrogens is 203 g/mol. The average Bonchev–Trinajstić information content (AvgIpc) is 1.93. The molecule has 0 radical (unpaired) electrons. The molecule has 82 valence electrons. The third kappa shape index (κ3) is 12.1. The Morgan fingerprint density at radius 2 is 1.23 bits per heavy atom. The Morgan fingerprint density at radius 3 is 1.69 bits per heavy atom. The van der Waals surface area contributed by atoms with Crippen molar-refractivity contribution in [1.82, 2.24) is 0 Å². The van der Waals surface area contributed by atoms with Gasteiger partial charge in [0.2, 0.25) is 0 Å². The van der Waals surface area contributed by atoms with Gasteiger partial charge in [-0.1, -0.05) is 0 Å². The van der Waals surface area contributed by atoms with Gasteiger partial charge in [0.15, 0.2) is 0 Å². The maximum absolute atomic E-state index is 11.8. The van der Waals surface area contributed by atoms with E-state index in [-0.39, 0.29) is 6.42 Å². The molecule has 0 saturated carbocycles. The first-order valence-corrected chi connectivity index (χ1v) is 6.68. The Balaban J connectivity index is 3.27. The van der Waals surface area contributed by atoms with Gasteiger partial charge in [-0.05, 0) is 0 Å². The van der Waals surface area contributed by atoms with Crippen LogP contribution < -0.4 is 0 Å². The van der Waals surface area contributed by atoms with Gasteiger partial charge in [-0.15, -0.1) is 0 Å². The molecule has 0 fully saturated rings. The molecule has 0 spiro atoms. The van der Waals surface area contributed by atoms with Crippen LogP contribution in [0.5, 0.6) is 0 Å². The molecule has 0 bridgehead atoms. The van der Waals surface area contributed by atoms with Crippen molar-refractivity contribution in [3.8, 4) is 0 Å². The van der Waals surface area contributed by atoms with Crippen LogP contribution in [0.2, 0.25) is 0 Å². The van der Waals surface area contributed by atoms with Gasteiger partial charge in [0.05, 0.1) is 0 Å². The number of hydrogen-bond donors (Lipinski definition) is 0. The summed E-state index contributed by atoms with van der Waals surface area (Å²) in [7, 11) is -7.18. The monoisotopic (exact) mass is 220 g/mol. The molecule has 0 unspecified atom stereocenters. The van der Waals surface area contributed by atoms with Crippen LogP contribution in [0.1, 0.15) is 45.4 Å². The first-order valence-electron chi connectivity index (χ1n) is 4.70.